The number of benzene rings is 2. The summed E-state index contributed by atoms with van der Waals surface area (Å²) in [6.07, 6.45) is 2.79. The first-order valence-corrected chi connectivity index (χ1v) is 7.21. The van der Waals surface area contributed by atoms with Crippen LogP contribution in [0.25, 0.3) is 11.0 Å². The van der Waals surface area contributed by atoms with Gasteiger partial charge in [0.1, 0.15) is 0 Å². The van der Waals surface area contributed by atoms with Gasteiger partial charge in [-0.05, 0) is 43.7 Å². The van der Waals surface area contributed by atoms with Gasteiger partial charge in [-0.2, -0.15) is 0 Å². The molecule has 0 spiro atoms. The van der Waals surface area contributed by atoms with Crippen molar-refractivity contribution in [2.24, 2.45) is 0 Å². The van der Waals surface area contributed by atoms with Gasteiger partial charge in [0.15, 0.2) is 0 Å². The van der Waals surface area contributed by atoms with E-state index in [2.05, 4.69) is 41.5 Å². The quantitative estimate of drug-likeness (QED) is 0.794. The summed E-state index contributed by atoms with van der Waals surface area (Å²) in [6, 6.07) is 16.6. The number of nitrogens with zero attached hydrogens (tertiary/aromatic N) is 2. The first-order chi connectivity index (χ1) is 10.3. The third-order valence-corrected chi connectivity index (χ3v) is 3.86. The summed E-state index contributed by atoms with van der Waals surface area (Å²) in [5.74, 6) is 0. The summed E-state index contributed by atoms with van der Waals surface area (Å²) in [5, 5.41) is 3.36. The number of rotatable bonds is 4. The molecule has 3 aromatic rings. The van der Waals surface area contributed by atoms with Gasteiger partial charge >= 0.3 is 0 Å². The standard InChI is InChI=1S/C18H19N3/c1-13-7-3-4-8-14(13)11-17(19-2)18-12-20-15-9-5-6-10-16(15)21-18/h3-10,12,17,19H,11H2,1-2H3. The highest BCUT2D eigenvalue weighted by Crippen LogP contribution is 2.20. The van der Waals surface area contributed by atoms with E-state index in [4.69, 9.17) is 4.98 Å². The minimum atomic E-state index is 0.170. The lowest BCUT2D eigenvalue weighted by Gasteiger charge is -2.17. The van der Waals surface area contributed by atoms with Crippen molar-refractivity contribution in [2.45, 2.75) is 19.4 Å². The predicted molar refractivity (Wildman–Crippen MR) is 86.2 cm³/mol. The highest BCUT2D eigenvalue weighted by Gasteiger charge is 2.13. The van der Waals surface area contributed by atoms with Crippen LogP contribution in [-0.2, 0) is 6.42 Å². The molecule has 0 aliphatic rings. The molecule has 1 heterocycles. The summed E-state index contributed by atoms with van der Waals surface area (Å²) >= 11 is 0. The zero-order valence-electron chi connectivity index (χ0n) is 12.4. The van der Waals surface area contributed by atoms with Gasteiger partial charge < -0.3 is 5.32 Å². The van der Waals surface area contributed by atoms with E-state index in [1.165, 1.54) is 11.1 Å². The normalized spacial score (nSPS) is 12.5. The summed E-state index contributed by atoms with van der Waals surface area (Å²) < 4.78 is 0. The topological polar surface area (TPSA) is 37.8 Å². The number of likely N-dealkylation sites (N-methyl/N-ethyl adjacent to an activating group) is 1. The molecule has 1 atom stereocenters. The summed E-state index contributed by atoms with van der Waals surface area (Å²) in [7, 11) is 1.97. The van der Waals surface area contributed by atoms with Crippen molar-refractivity contribution < 1.29 is 0 Å². The van der Waals surface area contributed by atoms with Crippen molar-refractivity contribution in [2.75, 3.05) is 7.05 Å². The second-order valence-corrected chi connectivity index (χ2v) is 5.26. The monoisotopic (exact) mass is 277 g/mol. The Morgan fingerprint density at radius 3 is 2.48 bits per heavy atom. The maximum Gasteiger partial charge on any atom is 0.0890 e. The Labute approximate surface area is 125 Å². The number of para-hydroxylation sites is 2. The van der Waals surface area contributed by atoms with Crippen LogP contribution in [0.3, 0.4) is 0 Å². The number of aryl methyl sites for hydroxylation is 1. The Balaban J connectivity index is 1.93. The fourth-order valence-electron chi connectivity index (χ4n) is 2.55. The molecule has 0 amide bonds. The largest absolute Gasteiger partial charge is 0.311 e. The van der Waals surface area contributed by atoms with Crippen LogP contribution in [0.2, 0.25) is 0 Å². The van der Waals surface area contributed by atoms with Crippen molar-refractivity contribution in [1.29, 1.82) is 0 Å². The Morgan fingerprint density at radius 1 is 1.00 bits per heavy atom. The van der Waals surface area contributed by atoms with Gasteiger partial charge in [-0.25, -0.2) is 4.98 Å². The maximum absolute atomic E-state index is 4.75. The Hall–Kier alpha value is -2.26. The van der Waals surface area contributed by atoms with Gasteiger partial charge in [-0.15, -0.1) is 0 Å². The molecule has 106 valence electrons. The number of nitrogens with one attached hydrogen (secondary N) is 1. The molecule has 0 aliphatic carbocycles. The Bertz CT molecular complexity index is 752. The van der Waals surface area contributed by atoms with Crippen LogP contribution >= 0.6 is 0 Å². The van der Waals surface area contributed by atoms with Crippen molar-refractivity contribution >= 4 is 11.0 Å². The lowest BCUT2D eigenvalue weighted by molar-refractivity contribution is 0.574. The van der Waals surface area contributed by atoms with Crippen molar-refractivity contribution in [1.82, 2.24) is 15.3 Å². The van der Waals surface area contributed by atoms with Crippen LogP contribution < -0.4 is 5.32 Å². The minimum Gasteiger partial charge on any atom is -0.311 e. The van der Waals surface area contributed by atoms with Gasteiger partial charge in [0.05, 0.1) is 29.0 Å². The zero-order valence-corrected chi connectivity index (χ0v) is 12.4. The predicted octanol–water partition coefficient (Wildman–Crippen LogP) is 3.44. The van der Waals surface area contributed by atoms with E-state index in [9.17, 15) is 0 Å². The summed E-state index contributed by atoms with van der Waals surface area (Å²) in [5.41, 5.74) is 5.52. The molecular formula is C18H19N3. The number of hydrogen-bond acceptors (Lipinski definition) is 3. The van der Waals surface area contributed by atoms with Crippen LogP contribution in [0.5, 0.6) is 0 Å². The molecule has 1 aromatic heterocycles. The van der Waals surface area contributed by atoms with Crippen LogP contribution in [0.1, 0.15) is 22.9 Å². The molecule has 0 saturated carbocycles. The first kappa shape index (κ1) is 13.7. The molecule has 1 N–H and O–H groups in total. The van der Waals surface area contributed by atoms with Gasteiger partial charge in [-0.1, -0.05) is 36.4 Å². The fraction of sp³-hybridized carbons (Fsp3) is 0.222. The molecule has 3 nitrogen and oxygen atoms in total. The van der Waals surface area contributed by atoms with Gasteiger partial charge in [0, 0.05) is 0 Å². The third kappa shape index (κ3) is 2.93. The van der Waals surface area contributed by atoms with Crippen molar-refractivity contribution in [3.63, 3.8) is 0 Å². The lowest BCUT2D eigenvalue weighted by Crippen LogP contribution is -2.20. The highest BCUT2D eigenvalue weighted by molar-refractivity contribution is 5.73. The van der Waals surface area contributed by atoms with Crippen molar-refractivity contribution in [3.05, 3.63) is 71.5 Å². The second-order valence-electron chi connectivity index (χ2n) is 5.26. The molecule has 3 rings (SSSR count). The summed E-state index contributed by atoms with van der Waals surface area (Å²) in [4.78, 5) is 9.26. The average molecular weight is 277 g/mol. The molecule has 21 heavy (non-hydrogen) atoms. The second kappa shape index (κ2) is 6.02. The van der Waals surface area contributed by atoms with E-state index >= 15 is 0 Å². The van der Waals surface area contributed by atoms with E-state index < -0.39 is 0 Å². The SMILES string of the molecule is CNC(Cc1ccccc1C)c1cnc2ccccc2n1. The molecular weight excluding hydrogens is 258 g/mol. The van der Waals surface area contributed by atoms with E-state index in [0.29, 0.717) is 0 Å². The molecule has 0 fully saturated rings. The molecule has 0 aliphatic heterocycles. The van der Waals surface area contributed by atoms with Crippen LogP contribution in [0.4, 0.5) is 0 Å². The zero-order chi connectivity index (χ0) is 14.7. The molecule has 0 radical (unpaired) electrons. The molecule has 2 aromatic carbocycles. The van der Waals surface area contributed by atoms with Gasteiger partial charge in [0.25, 0.3) is 0 Å². The van der Waals surface area contributed by atoms with Crippen LogP contribution in [0, 0.1) is 6.92 Å². The van der Waals surface area contributed by atoms with Crippen LogP contribution in [-0.4, -0.2) is 17.0 Å². The number of aromatic nitrogens is 2. The number of fused-ring (bicyclic) bond motifs is 1. The molecule has 1 unspecified atom stereocenters. The first-order valence-electron chi connectivity index (χ1n) is 7.21. The minimum absolute atomic E-state index is 0.170. The smallest absolute Gasteiger partial charge is 0.0890 e. The molecule has 0 saturated heterocycles. The van der Waals surface area contributed by atoms with E-state index in [1.54, 1.807) is 0 Å². The fourth-order valence-corrected chi connectivity index (χ4v) is 2.55. The summed E-state index contributed by atoms with van der Waals surface area (Å²) in [6.45, 7) is 2.15. The van der Waals surface area contributed by atoms with E-state index in [0.717, 1.165) is 23.1 Å². The highest BCUT2D eigenvalue weighted by atomic mass is 14.9. The van der Waals surface area contributed by atoms with Crippen molar-refractivity contribution in [3.8, 4) is 0 Å². The lowest BCUT2D eigenvalue weighted by atomic mass is 9.99. The average Bonchev–Trinajstić information content (AvgIpc) is 2.54. The van der Waals surface area contributed by atoms with Crippen LogP contribution in [0.15, 0.2) is 54.7 Å². The number of hydrogen-bond donors (Lipinski definition) is 1. The Kier molecular flexibility index (Phi) is 3.93. The van der Waals surface area contributed by atoms with Gasteiger partial charge in [-0.3, -0.25) is 4.98 Å². The third-order valence-electron chi connectivity index (χ3n) is 3.86. The van der Waals surface area contributed by atoms with E-state index in [1.807, 2.05) is 37.5 Å². The van der Waals surface area contributed by atoms with Gasteiger partial charge in [0.2, 0.25) is 0 Å². The molecule has 0 bridgehead atoms. The maximum atomic E-state index is 4.75. The van der Waals surface area contributed by atoms with E-state index in [-0.39, 0.29) is 6.04 Å². The molecule has 3 heteroatoms. The Morgan fingerprint density at radius 2 is 1.71 bits per heavy atom.